The zero-order chi connectivity index (χ0) is 17.1. The fraction of sp³-hybridized carbons (Fsp3) is 0.667. The Morgan fingerprint density at radius 3 is 2.65 bits per heavy atom. The predicted molar refractivity (Wildman–Crippen MR) is 97.9 cm³/mol. The molecule has 1 amide bonds. The summed E-state index contributed by atoms with van der Waals surface area (Å²) >= 11 is 8.67. The summed E-state index contributed by atoms with van der Waals surface area (Å²) < 4.78 is 2.34. The Morgan fingerprint density at radius 1 is 1.35 bits per heavy atom. The van der Waals surface area contributed by atoms with Crippen molar-refractivity contribution in [3.05, 3.63) is 15.9 Å². The van der Waals surface area contributed by atoms with Crippen molar-refractivity contribution in [2.24, 2.45) is 18.9 Å². The van der Waals surface area contributed by atoms with Gasteiger partial charge < -0.3 is 5.32 Å². The Kier molecular flexibility index (Phi) is 6.02. The van der Waals surface area contributed by atoms with Gasteiger partial charge in [-0.2, -0.15) is 5.10 Å². The number of nitrogens with zero attached hydrogens (tertiary/aromatic N) is 2. The minimum atomic E-state index is -0.324. The molecule has 6 nitrogen and oxygen atoms in total. The average molecular weight is 402 g/mol. The Morgan fingerprint density at radius 2 is 2.04 bits per heavy atom. The van der Waals surface area contributed by atoms with Crippen LogP contribution in [0.4, 0.5) is 0 Å². The van der Waals surface area contributed by atoms with Crippen molar-refractivity contribution < 1.29 is 4.79 Å². The maximum Gasteiger partial charge on any atom is 0.291 e. The first-order chi connectivity index (χ1) is 10.8. The molecule has 1 aliphatic rings. The lowest BCUT2D eigenvalue weighted by molar-refractivity contribution is 0.0936. The highest BCUT2D eigenvalue weighted by molar-refractivity contribution is 9.10. The highest BCUT2D eigenvalue weighted by Gasteiger charge is 2.27. The van der Waals surface area contributed by atoms with Crippen molar-refractivity contribution in [3.63, 3.8) is 0 Å². The van der Waals surface area contributed by atoms with Gasteiger partial charge in [-0.1, -0.05) is 26.7 Å². The summed E-state index contributed by atoms with van der Waals surface area (Å²) in [6, 6.07) is 0.347. The molecule has 0 bridgehead atoms. The number of hydrogen-bond acceptors (Lipinski definition) is 3. The van der Waals surface area contributed by atoms with E-state index >= 15 is 0 Å². The van der Waals surface area contributed by atoms with Gasteiger partial charge in [0.2, 0.25) is 0 Å². The van der Waals surface area contributed by atoms with E-state index in [9.17, 15) is 4.79 Å². The summed E-state index contributed by atoms with van der Waals surface area (Å²) in [5.41, 5.74) is 6.59. The number of nitrogens with one attached hydrogen (secondary N) is 3. The third-order valence-corrected chi connectivity index (χ3v) is 5.96. The van der Waals surface area contributed by atoms with Crippen LogP contribution in [-0.2, 0) is 7.05 Å². The summed E-state index contributed by atoms with van der Waals surface area (Å²) in [5.74, 6) is 0.924. The van der Waals surface area contributed by atoms with Gasteiger partial charge in [0.1, 0.15) is 0 Å². The zero-order valence-corrected chi connectivity index (χ0v) is 16.3. The van der Waals surface area contributed by atoms with Crippen LogP contribution in [0.15, 0.2) is 4.47 Å². The highest BCUT2D eigenvalue weighted by Crippen LogP contribution is 2.29. The van der Waals surface area contributed by atoms with E-state index in [1.54, 1.807) is 11.7 Å². The van der Waals surface area contributed by atoms with Crippen LogP contribution in [0, 0.1) is 18.8 Å². The lowest BCUT2D eigenvalue weighted by Crippen LogP contribution is -2.52. The van der Waals surface area contributed by atoms with Crippen LogP contribution >= 0.6 is 28.1 Å². The maximum atomic E-state index is 12.2. The van der Waals surface area contributed by atoms with Crippen molar-refractivity contribution in [2.45, 2.75) is 46.1 Å². The first kappa shape index (κ1) is 18.2. The summed E-state index contributed by atoms with van der Waals surface area (Å²) in [5, 5.41) is 7.92. The average Bonchev–Trinajstić information content (AvgIpc) is 2.77. The topological polar surface area (TPSA) is 71.0 Å². The van der Waals surface area contributed by atoms with Crippen molar-refractivity contribution >= 4 is 39.2 Å². The van der Waals surface area contributed by atoms with Crippen molar-refractivity contribution in [2.75, 3.05) is 0 Å². The van der Waals surface area contributed by atoms with Crippen LogP contribution < -0.4 is 16.2 Å². The first-order valence-corrected chi connectivity index (χ1v) is 9.07. The van der Waals surface area contributed by atoms with Gasteiger partial charge in [0.15, 0.2) is 10.8 Å². The van der Waals surface area contributed by atoms with Crippen LogP contribution in [0.1, 0.15) is 49.3 Å². The smallest absolute Gasteiger partial charge is 0.291 e. The maximum absolute atomic E-state index is 12.2. The molecule has 0 aliphatic heterocycles. The van der Waals surface area contributed by atoms with Crippen molar-refractivity contribution in [1.82, 2.24) is 25.9 Å². The molecule has 0 radical (unpaired) electrons. The predicted octanol–water partition coefficient (Wildman–Crippen LogP) is 2.42. The van der Waals surface area contributed by atoms with E-state index in [-0.39, 0.29) is 5.91 Å². The minimum absolute atomic E-state index is 0.324. The second-order valence-electron chi connectivity index (χ2n) is 6.30. The molecule has 2 rings (SSSR count). The largest absolute Gasteiger partial charge is 0.358 e. The molecule has 0 unspecified atom stereocenters. The number of hydrazine groups is 1. The number of amides is 1. The molecule has 1 heterocycles. The number of carbonyl (C=O) groups excluding carboxylic acids is 1. The van der Waals surface area contributed by atoms with Gasteiger partial charge in [-0.25, -0.2) is 0 Å². The second kappa shape index (κ2) is 7.61. The fourth-order valence-electron chi connectivity index (χ4n) is 2.89. The first-order valence-electron chi connectivity index (χ1n) is 7.87. The molecule has 1 saturated carbocycles. The zero-order valence-electron chi connectivity index (χ0n) is 13.9. The number of hydrogen-bond donors (Lipinski definition) is 3. The number of halogens is 1. The molecule has 23 heavy (non-hydrogen) atoms. The summed E-state index contributed by atoms with van der Waals surface area (Å²) in [4.78, 5) is 12.2. The van der Waals surface area contributed by atoms with Gasteiger partial charge >= 0.3 is 0 Å². The normalized spacial score (nSPS) is 24.1. The number of aryl methyl sites for hydroxylation is 1. The van der Waals surface area contributed by atoms with Gasteiger partial charge in [-0.3, -0.25) is 20.3 Å². The lowest BCUT2D eigenvalue weighted by atomic mass is 9.78. The van der Waals surface area contributed by atoms with Crippen LogP contribution in [0.5, 0.6) is 0 Å². The summed E-state index contributed by atoms with van der Waals surface area (Å²) in [7, 11) is 1.79. The van der Waals surface area contributed by atoms with Gasteiger partial charge in [-0.15, -0.1) is 0 Å². The fourth-order valence-corrected chi connectivity index (χ4v) is 3.61. The van der Waals surface area contributed by atoms with Crippen LogP contribution in [0.3, 0.4) is 0 Å². The number of carbonyl (C=O) groups is 1. The highest BCUT2D eigenvalue weighted by atomic mass is 79.9. The van der Waals surface area contributed by atoms with Gasteiger partial charge in [0.05, 0.1) is 10.2 Å². The molecule has 128 valence electrons. The van der Waals surface area contributed by atoms with Crippen LogP contribution in [0.25, 0.3) is 0 Å². The molecule has 0 spiro atoms. The van der Waals surface area contributed by atoms with E-state index in [0.717, 1.165) is 12.1 Å². The molecule has 0 aromatic carbocycles. The molecule has 3 N–H and O–H groups in total. The molecular formula is C15H24BrN5OS. The van der Waals surface area contributed by atoms with Crippen molar-refractivity contribution in [3.8, 4) is 0 Å². The molecule has 1 aliphatic carbocycles. The lowest BCUT2D eigenvalue weighted by Gasteiger charge is -2.35. The van der Waals surface area contributed by atoms with E-state index in [1.807, 2.05) is 6.92 Å². The van der Waals surface area contributed by atoms with Crippen LogP contribution in [-0.4, -0.2) is 26.8 Å². The van der Waals surface area contributed by atoms with Gasteiger partial charge in [0, 0.05) is 13.1 Å². The van der Waals surface area contributed by atoms with E-state index in [4.69, 9.17) is 12.2 Å². The molecule has 1 aromatic rings. The number of rotatable bonds is 2. The molecular weight excluding hydrogens is 378 g/mol. The van der Waals surface area contributed by atoms with Crippen molar-refractivity contribution in [1.29, 1.82) is 0 Å². The van der Waals surface area contributed by atoms with Crippen LogP contribution in [0.2, 0.25) is 0 Å². The quantitative estimate of drug-likeness (QED) is 0.524. The number of thiocarbonyl (C=S) groups is 1. The number of aromatic nitrogens is 2. The van der Waals surface area contributed by atoms with Gasteiger partial charge in [-0.05, 0) is 53.3 Å². The standard InChI is InChI=1S/C15H24BrN5OS/c1-8-6-5-7-11(9(8)2)17-15(23)19-18-14(22)13-12(16)10(3)21(4)20-13/h8-9,11H,5-7H2,1-4H3,(H,18,22)(H2,17,19,23)/t8-,9-,11-/m0/s1. The molecule has 1 aromatic heterocycles. The molecule has 3 atom stereocenters. The Labute approximate surface area is 150 Å². The Bertz CT molecular complexity index is 603. The Balaban J connectivity index is 1.86. The summed E-state index contributed by atoms with van der Waals surface area (Å²) in [6.45, 7) is 6.41. The molecule has 1 fully saturated rings. The van der Waals surface area contributed by atoms with E-state index < -0.39 is 0 Å². The van der Waals surface area contributed by atoms with E-state index in [1.165, 1.54) is 12.8 Å². The van der Waals surface area contributed by atoms with Gasteiger partial charge in [0.25, 0.3) is 5.91 Å². The molecule has 0 saturated heterocycles. The molecule has 8 heteroatoms. The summed E-state index contributed by atoms with van der Waals surface area (Å²) in [6.07, 6.45) is 3.58. The van der Waals surface area contributed by atoms with E-state index in [0.29, 0.717) is 33.2 Å². The Hall–Kier alpha value is -1.15. The minimum Gasteiger partial charge on any atom is -0.358 e. The van der Waals surface area contributed by atoms with E-state index in [2.05, 4.69) is 51.0 Å². The SMILES string of the molecule is Cc1c(Br)c(C(=O)NNC(=S)N[C@H]2CCC[C@H](C)[C@@H]2C)nn1C. The second-order valence-corrected chi connectivity index (χ2v) is 7.50. The third kappa shape index (κ3) is 4.23. The monoisotopic (exact) mass is 401 g/mol. The third-order valence-electron chi connectivity index (χ3n) is 4.79.